The molecule has 38 heavy (non-hydrogen) atoms. The number of carbonyl (C=O) groups is 1. The summed E-state index contributed by atoms with van der Waals surface area (Å²) in [4.78, 5) is 19.1. The van der Waals surface area contributed by atoms with Crippen molar-refractivity contribution >= 4 is 33.6 Å². The third-order valence-electron chi connectivity index (χ3n) is 7.20. The van der Waals surface area contributed by atoms with E-state index in [1.165, 1.54) is 0 Å². The Kier molecular flexibility index (Phi) is 11.4. The van der Waals surface area contributed by atoms with Gasteiger partial charge in [0.25, 0.3) is 0 Å². The van der Waals surface area contributed by atoms with E-state index in [1.807, 2.05) is 23.7 Å². The van der Waals surface area contributed by atoms with Crippen molar-refractivity contribution in [3.8, 4) is 0 Å². The molecule has 3 rings (SSSR count). The van der Waals surface area contributed by atoms with Crippen LogP contribution in [0.2, 0.25) is 51.4 Å². The molecule has 0 aromatic carbocycles. The summed E-state index contributed by atoms with van der Waals surface area (Å²) in [5.74, 6) is 1.66. The predicted octanol–water partition coefficient (Wildman–Crippen LogP) is 6.39. The predicted molar refractivity (Wildman–Crippen MR) is 159 cm³/mol. The van der Waals surface area contributed by atoms with Crippen LogP contribution in [0.5, 0.6) is 0 Å². The smallest absolute Gasteiger partial charge is 0.306 e. The highest BCUT2D eigenvalue weighted by molar-refractivity contribution is 6.76. The van der Waals surface area contributed by atoms with Crippen molar-refractivity contribution in [2.45, 2.75) is 96.3 Å². The average molecular weight is 563 g/mol. The van der Waals surface area contributed by atoms with Crippen LogP contribution >= 0.6 is 0 Å². The number of ether oxygens (including phenoxy) is 3. The first kappa shape index (κ1) is 30.8. The lowest BCUT2D eigenvalue weighted by Crippen LogP contribution is -2.33. The second-order valence-electron chi connectivity index (χ2n) is 13.1. The van der Waals surface area contributed by atoms with E-state index in [-0.39, 0.29) is 5.97 Å². The van der Waals surface area contributed by atoms with Gasteiger partial charge in [0.2, 0.25) is 0 Å². The van der Waals surface area contributed by atoms with Crippen molar-refractivity contribution in [1.82, 2.24) is 14.6 Å². The van der Waals surface area contributed by atoms with E-state index in [4.69, 9.17) is 19.2 Å². The van der Waals surface area contributed by atoms with Gasteiger partial charge in [0.05, 0.1) is 12.8 Å². The largest absolute Gasteiger partial charge is 0.466 e. The van der Waals surface area contributed by atoms with E-state index < -0.39 is 16.1 Å². The second kappa shape index (κ2) is 14.0. The van der Waals surface area contributed by atoms with E-state index in [0.717, 1.165) is 68.1 Å². The summed E-state index contributed by atoms with van der Waals surface area (Å²) in [6.45, 7) is 19.0. The maximum Gasteiger partial charge on any atom is 0.306 e. The highest BCUT2D eigenvalue weighted by Gasteiger charge is 2.27. The van der Waals surface area contributed by atoms with Gasteiger partial charge in [-0.05, 0) is 50.6 Å². The third-order valence-corrected chi connectivity index (χ3v) is 10.6. The van der Waals surface area contributed by atoms with Crippen molar-refractivity contribution in [2.24, 2.45) is 5.92 Å². The molecule has 0 unspecified atom stereocenters. The highest BCUT2D eigenvalue weighted by Crippen LogP contribution is 2.37. The molecule has 2 aromatic heterocycles. The molecule has 8 nitrogen and oxygen atoms in total. The van der Waals surface area contributed by atoms with Crippen LogP contribution < -0.4 is 4.90 Å². The van der Waals surface area contributed by atoms with Crippen LogP contribution in [0.4, 0.5) is 5.82 Å². The maximum absolute atomic E-state index is 12.0. The molecule has 1 aliphatic rings. The number of carbonyl (C=O) groups excluding carboxylic acids is 1. The Balaban J connectivity index is 1.74. The molecular weight excluding hydrogens is 513 g/mol. The number of esters is 1. The summed E-state index contributed by atoms with van der Waals surface area (Å²) >= 11 is 0. The lowest BCUT2D eigenvalue weighted by Gasteiger charge is -2.30. The van der Waals surface area contributed by atoms with Crippen LogP contribution in [0.15, 0.2) is 18.3 Å². The maximum atomic E-state index is 12.0. The van der Waals surface area contributed by atoms with Gasteiger partial charge >= 0.3 is 5.97 Å². The van der Waals surface area contributed by atoms with E-state index >= 15 is 0 Å². The molecule has 0 radical (unpaired) electrons. The van der Waals surface area contributed by atoms with Crippen molar-refractivity contribution in [3.63, 3.8) is 0 Å². The number of nitrogens with zero attached hydrogens (tertiary/aromatic N) is 4. The lowest BCUT2D eigenvalue weighted by atomic mass is 9.79. The van der Waals surface area contributed by atoms with Gasteiger partial charge in [-0.15, -0.1) is 0 Å². The molecule has 1 fully saturated rings. The van der Waals surface area contributed by atoms with E-state index in [9.17, 15) is 4.79 Å². The molecule has 0 aliphatic heterocycles. The summed E-state index contributed by atoms with van der Waals surface area (Å²) in [6, 6.07) is 6.41. The summed E-state index contributed by atoms with van der Waals surface area (Å²) in [5.41, 5.74) is 1.94. The van der Waals surface area contributed by atoms with Gasteiger partial charge < -0.3 is 19.1 Å². The third kappa shape index (κ3) is 10.1. The van der Waals surface area contributed by atoms with Crippen LogP contribution in [0, 0.1) is 5.92 Å². The van der Waals surface area contributed by atoms with Gasteiger partial charge in [-0.1, -0.05) is 39.3 Å². The van der Waals surface area contributed by atoms with Gasteiger partial charge in [-0.2, -0.15) is 9.61 Å². The minimum absolute atomic E-state index is 0.0732. The second-order valence-corrected chi connectivity index (χ2v) is 24.3. The zero-order chi connectivity index (χ0) is 27.8. The Hall–Kier alpha value is -1.76. The van der Waals surface area contributed by atoms with E-state index in [2.05, 4.69) is 55.3 Å². The number of fused-ring (bicyclic) bond motifs is 1. The molecule has 0 spiro atoms. The molecule has 10 heteroatoms. The molecule has 1 aliphatic carbocycles. The van der Waals surface area contributed by atoms with Crippen LogP contribution in [0.3, 0.4) is 0 Å². The normalized spacial score (nSPS) is 18.6. The fraction of sp³-hybridized carbons (Fsp3) is 0.750. The fourth-order valence-corrected chi connectivity index (χ4v) is 6.26. The van der Waals surface area contributed by atoms with E-state index in [1.54, 1.807) is 0 Å². The van der Waals surface area contributed by atoms with Crippen molar-refractivity contribution in [1.29, 1.82) is 0 Å². The van der Waals surface area contributed by atoms with Crippen molar-refractivity contribution in [2.75, 3.05) is 38.2 Å². The standard InChI is InChI=1S/C28H50N4O4Si2/c1-8-36-28(33)19-23-9-11-24(12-10-23)25-20-27(32-26(30-25)13-14-29-32)31(21-34-15-17-37(2,3)4)22-35-16-18-38(5,6)7/h13-14,20,23-24H,8-12,15-19,21-22H2,1-7H3. The molecule has 214 valence electrons. The average Bonchev–Trinajstić information content (AvgIpc) is 3.31. The quantitative estimate of drug-likeness (QED) is 0.108. The van der Waals surface area contributed by atoms with Crippen molar-refractivity contribution in [3.05, 3.63) is 24.0 Å². The van der Waals surface area contributed by atoms with Gasteiger partial charge in [-0.3, -0.25) is 4.79 Å². The number of anilines is 1. The van der Waals surface area contributed by atoms with Gasteiger partial charge in [0, 0.05) is 59.5 Å². The number of aromatic nitrogens is 3. The molecular formula is C28H50N4O4Si2. The number of rotatable bonds is 15. The minimum Gasteiger partial charge on any atom is -0.466 e. The Labute approximate surface area is 231 Å². The summed E-state index contributed by atoms with van der Waals surface area (Å²) in [5, 5.41) is 4.59. The van der Waals surface area contributed by atoms with Crippen LogP contribution in [-0.4, -0.2) is 70.0 Å². The van der Waals surface area contributed by atoms with Gasteiger partial charge in [-0.25, -0.2) is 4.98 Å². The molecule has 0 atom stereocenters. The fourth-order valence-electron chi connectivity index (χ4n) is 4.74. The summed E-state index contributed by atoms with van der Waals surface area (Å²) < 4.78 is 19.5. The molecule has 0 bridgehead atoms. The summed E-state index contributed by atoms with van der Waals surface area (Å²) in [7, 11) is -2.35. The van der Waals surface area contributed by atoms with Crippen LogP contribution in [0.1, 0.15) is 50.6 Å². The zero-order valence-corrected chi connectivity index (χ0v) is 26.8. The summed E-state index contributed by atoms with van der Waals surface area (Å²) in [6.07, 6.45) is 6.43. The molecule has 0 saturated heterocycles. The van der Waals surface area contributed by atoms with Crippen LogP contribution in [-0.2, 0) is 19.0 Å². The van der Waals surface area contributed by atoms with Gasteiger partial charge in [0.15, 0.2) is 5.65 Å². The van der Waals surface area contributed by atoms with E-state index in [0.29, 0.717) is 38.3 Å². The van der Waals surface area contributed by atoms with Crippen molar-refractivity contribution < 1.29 is 19.0 Å². The first-order valence-electron chi connectivity index (χ1n) is 14.4. The highest BCUT2D eigenvalue weighted by atomic mass is 28.3. The molecule has 2 heterocycles. The Morgan fingerprint density at radius 3 is 2.16 bits per heavy atom. The molecule has 2 aromatic rings. The minimum atomic E-state index is -1.17. The topological polar surface area (TPSA) is 78.2 Å². The number of hydrogen-bond donors (Lipinski definition) is 0. The monoisotopic (exact) mass is 562 g/mol. The number of hydrogen-bond acceptors (Lipinski definition) is 7. The Bertz CT molecular complexity index is 988. The molecule has 0 amide bonds. The first-order valence-corrected chi connectivity index (χ1v) is 21.8. The Morgan fingerprint density at radius 2 is 1.61 bits per heavy atom. The zero-order valence-electron chi connectivity index (χ0n) is 24.8. The van der Waals surface area contributed by atoms with Crippen LogP contribution in [0.25, 0.3) is 5.65 Å². The SMILES string of the molecule is CCOC(=O)CC1CCC(c2cc(N(COCC[Si](C)(C)C)COCC[Si](C)(C)C)n3nccc3n2)CC1. The molecule has 1 saturated carbocycles. The Morgan fingerprint density at radius 1 is 1.00 bits per heavy atom. The first-order chi connectivity index (χ1) is 17.9. The van der Waals surface area contributed by atoms with Gasteiger partial charge in [0.1, 0.15) is 19.3 Å². The molecule has 0 N–H and O–H groups in total. The lowest BCUT2D eigenvalue weighted by molar-refractivity contribution is -0.144.